The largest absolute Gasteiger partial charge is 0.490 e. The van der Waals surface area contributed by atoms with Crippen LogP contribution in [0.5, 0.6) is 11.5 Å². The number of ether oxygens (including phenoxy) is 2. The molecule has 0 fully saturated rings. The Kier molecular flexibility index (Phi) is 8.35. The lowest BCUT2D eigenvalue weighted by Crippen LogP contribution is -2.27. The standard InChI is InChI=1S/C25H21Cl2NO5/c1-2-32-22-14-17(12-20(27)23(22)33-15-16-8-10-19(26)11-9-16)13-21(25(30)31)28-24(29)18-6-4-3-5-7-18/h3-14H,2,15H2,1H3,(H,28,29)(H,30,31). The monoisotopic (exact) mass is 485 g/mol. The van der Waals surface area contributed by atoms with E-state index in [0.29, 0.717) is 34.3 Å². The third-order valence-electron chi connectivity index (χ3n) is 4.45. The Labute approximate surface area is 201 Å². The van der Waals surface area contributed by atoms with Gasteiger partial charge in [0.15, 0.2) is 11.5 Å². The van der Waals surface area contributed by atoms with Gasteiger partial charge in [-0.25, -0.2) is 4.79 Å². The van der Waals surface area contributed by atoms with Gasteiger partial charge in [-0.3, -0.25) is 4.79 Å². The van der Waals surface area contributed by atoms with E-state index in [1.165, 1.54) is 6.08 Å². The molecule has 0 radical (unpaired) electrons. The van der Waals surface area contributed by atoms with Gasteiger partial charge in [-0.05, 0) is 60.5 Å². The number of carboxylic acid groups (broad SMARTS) is 1. The molecule has 3 aromatic carbocycles. The summed E-state index contributed by atoms with van der Waals surface area (Å²) in [5.41, 5.74) is 1.34. The van der Waals surface area contributed by atoms with Crippen LogP contribution in [-0.4, -0.2) is 23.6 Å². The summed E-state index contributed by atoms with van der Waals surface area (Å²) in [5.74, 6) is -1.15. The zero-order valence-corrected chi connectivity index (χ0v) is 19.2. The molecule has 2 N–H and O–H groups in total. The van der Waals surface area contributed by atoms with Crippen molar-refractivity contribution in [2.75, 3.05) is 6.61 Å². The van der Waals surface area contributed by atoms with Crippen molar-refractivity contribution in [3.63, 3.8) is 0 Å². The van der Waals surface area contributed by atoms with E-state index in [-0.39, 0.29) is 17.3 Å². The second kappa shape index (κ2) is 11.4. The molecule has 0 unspecified atom stereocenters. The van der Waals surface area contributed by atoms with E-state index in [0.717, 1.165) is 5.56 Å². The van der Waals surface area contributed by atoms with Gasteiger partial charge < -0.3 is 19.9 Å². The first-order chi connectivity index (χ1) is 15.9. The highest BCUT2D eigenvalue weighted by Crippen LogP contribution is 2.38. The zero-order chi connectivity index (χ0) is 23.8. The Balaban J connectivity index is 1.86. The average molecular weight is 486 g/mol. The van der Waals surface area contributed by atoms with Crippen molar-refractivity contribution < 1.29 is 24.2 Å². The fourth-order valence-corrected chi connectivity index (χ4v) is 3.31. The summed E-state index contributed by atoms with van der Waals surface area (Å²) in [6.45, 7) is 2.39. The van der Waals surface area contributed by atoms with Crippen LogP contribution in [0.3, 0.4) is 0 Å². The minimum atomic E-state index is -1.29. The van der Waals surface area contributed by atoms with Crippen molar-refractivity contribution in [1.82, 2.24) is 5.32 Å². The van der Waals surface area contributed by atoms with E-state index < -0.39 is 11.9 Å². The molecule has 0 atom stereocenters. The van der Waals surface area contributed by atoms with Gasteiger partial charge in [-0.2, -0.15) is 0 Å². The number of amides is 1. The van der Waals surface area contributed by atoms with E-state index in [1.807, 2.05) is 19.1 Å². The highest BCUT2D eigenvalue weighted by molar-refractivity contribution is 6.32. The lowest BCUT2D eigenvalue weighted by atomic mass is 10.1. The van der Waals surface area contributed by atoms with Crippen LogP contribution in [0.4, 0.5) is 0 Å². The molecular weight excluding hydrogens is 465 g/mol. The number of halogens is 2. The first-order valence-corrected chi connectivity index (χ1v) is 10.8. The lowest BCUT2D eigenvalue weighted by molar-refractivity contribution is -0.132. The first kappa shape index (κ1) is 24.2. The highest BCUT2D eigenvalue weighted by Gasteiger charge is 2.16. The van der Waals surface area contributed by atoms with Crippen molar-refractivity contribution in [3.8, 4) is 11.5 Å². The number of benzene rings is 3. The predicted octanol–water partition coefficient (Wildman–Crippen LogP) is 5.83. The Morgan fingerprint density at radius 2 is 1.70 bits per heavy atom. The summed E-state index contributed by atoms with van der Waals surface area (Å²) in [5, 5.41) is 12.8. The Morgan fingerprint density at radius 3 is 2.33 bits per heavy atom. The van der Waals surface area contributed by atoms with E-state index in [2.05, 4.69) is 5.32 Å². The van der Waals surface area contributed by atoms with Gasteiger partial charge >= 0.3 is 5.97 Å². The van der Waals surface area contributed by atoms with Crippen LogP contribution in [0.15, 0.2) is 72.4 Å². The maximum Gasteiger partial charge on any atom is 0.352 e. The molecule has 170 valence electrons. The molecule has 3 aromatic rings. The molecule has 0 bridgehead atoms. The molecule has 0 spiro atoms. The van der Waals surface area contributed by atoms with E-state index in [4.69, 9.17) is 32.7 Å². The number of carbonyl (C=O) groups is 2. The number of carbonyl (C=O) groups excluding carboxylic acids is 1. The summed E-state index contributed by atoms with van der Waals surface area (Å²) < 4.78 is 11.5. The number of rotatable bonds is 9. The Hall–Kier alpha value is -3.48. The van der Waals surface area contributed by atoms with Gasteiger partial charge in [0.2, 0.25) is 0 Å². The molecule has 8 heteroatoms. The third-order valence-corrected chi connectivity index (χ3v) is 4.99. The van der Waals surface area contributed by atoms with Gasteiger partial charge in [-0.1, -0.05) is 53.5 Å². The number of hydrogen-bond acceptors (Lipinski definition) is 4. The second-order valence-electron chi connectivity index (χ2n) is 6.86. The quantitative estimate of drug-likeness (QED) is 0.372. The fraction of sp³-hybridized carbons (Fsp3) is 0.120. The van der Waals surface area contributed by atoms with E-state index in [9.17, 15) is 14.7 Å². The predicted molar refractivity (Wildman–Crippen MR) is 128 cm³/mol. The van der Waals surface area contributed by atoms with Crippen LogP contribution in [0.1, 0.15) is 28.4 Å². The van der Waals surface area contributed by atoms with Crippen molar-refractivity contribution in [2.45, 2.75) is 13.5 Å². The van der Waals surface area contributed by atoms with E-state index >= 15 is 0 Å². The summed E-state index contributed by atoms with van der Waals surface area (Å²) in [7, 11) is 0. The molecule has 0 aliphatic carbocycles. The highest BCUT2D eigenvalue weighted by atomic mass is 35.5. The molecule has 0 heterocycles. The van der Waals surface area contributed by atoms with Gasteiger partial charge in [0.25, 0.3) is 5.91 Å². The van der Waals surface area contributed by atoms with Crippen LogP contribution < -0.4 is 14.8 Å². The molecule has 3 rings (SSSR count). The summed E-state index contributed by atoms with van der Waals surface area (Å²) in [4.78, 5) is 24.1. The van der Waals surface area contributed by atoms with Crippen molar-refractivity contribution in [3.05, 3.63) is 99.2 Å². The van der Waals surface area contributed by atoms with Crippen LogP contribution in [0.25, 0.3) is 6.08 Å². The van der Waals surface area contributed by atoms with Crippen LogP contribution in [-0.2, 0) is 11.4 Å². The van der Waals surface area contributed by atoms with Gasteiger partial charge in [-0.15, -0.1) is 0 Å². The SMILES string of the molecule is CCOc1cc(C=C(NC(=O)c2ccccc2)C(=O)O)cc(Cl)c1OCc1ccc(Cl)cc1. The smallest absolute Gasteiger partial charge is 0.352 e. The fourth-order valence-electron chi connectivity index (χ4n) is 2.91. The Morgan fingerprint density at radius 1 is 1.00 bits per heavy atom. The number of hydrogen-bond donors (Lipinski definition) is 2. The molecule has 0 saturated heterocycles. The topological polar surface area (TPSA) is 84.9 Å². The number of aliphatic carboxylic acids is 1. The van der Waals surface area contributed by atoms with Crippen LogP contribution >= 0.6 is 23.2 Å². The molecule has 33 heavy (non-hydrogen) atoms. The van der Waals surface area contributed by atoms with Gasteiger partial charge in [0, 0.05) is 10.6 Å². The average Bonchev–Trinajstić information content (AvgIpc) is 2.80. The Bertz CT molecular complexity index is 1160. The molecular formula is C25H21Cl2NO5. The molecule has 0 saturated carbocycles. The van der Waals surface area contributed by atoms with Gasteiger partial charge in [0.1, 0.15) is 12.3 Å². The van der Waals surface area contributed by atoms with Gasteiger partial charge in [0.05, 0.1) is 11.6 Å². The van der Waals surface area contributed by atoms with E-state index in [1.54, 1.807) is 54.6 Å². The summed E-state index contributed by atoms with van der Waals surface area (Å²) in [6.07, 6.45) is 1.31. The van der Waals surface area contributed by atoms with Crippen LogP contribution in [0, 0.1) is 0 Å². The molecule has 0 aliphatic heterocycles. The first-order valence-electron chi connectivity index (χ1n) is 10.0. The normalized spacial score (nSPS) is 11.1. The summed E-state index contributed by atoms with van der Waals surface area (Å²) >= 11 is 12.3. The third kappa shape index (κ3) is 6.75. The van der Waals surface area contributed by atoms with Crippen molar-refractivity contribution in [2.24, 2.45) is 0 Å². The van der Waals surface area contributed by atoms with Crippen LogP contribution in [0.2, 0.25) is 10.0 Å². The molecule has 1 amide bonds. The molecule has 6 nitrogen and oxygen atoms in total. The maximum absolute atomic E-state index is 12.4. The molecule has 0 aromatic heterocycles. The summed E-state index contributed by atoms with van der Waals surface area (Å²) in [6, 6.07) is 18.7. The minimum absolute atomic E-state index is 0.236. The number of carboxylic acids is 1. The number of nitrogens with one attached hydrogen (secondary N) is 1. The maximum atomic E-state index is 12.4. The molecule has 0 aliphatic rings. The van der Waals surface area contributed by atoms with Crippen molar-refractivity contribution >= 4 is 41.2 Å². The lowest BCUT2D eigenvalue weighted by Gasteiger charge is -2.15. The minimum Gasteiger partial charge on any atom is -0.490 e. The zero-order valence-electron chi connectivity index (χ0n) is 17.7. The van der Waals surface area contributed by atoms with Crippen molar-refractivity contribution in [1.29, 1.82) is 0 Å². The second-order valence-corrected chi connectivity index (χ2v) is 7.71.